The van der Waals surface area contributed by atoms with Crippen LogP contribution in [0, 0.1) is 5.95 Å². The van der Waals surface area contributed by atoms with Gasteiger partial charge in [0.05, 0.1) is 6.07 Å². The molecule has 21 heavy (non-hydrogen) atoms. The van der Waals surface area contributed by atoms with Gasteiger partial charge in [0.2, 0.25) is 0 Å². The first-order valence-corrected chi connectivity index (χ1v) is 7.61. The lowest BCUT2D eigenvalue weighted by Gasteiger charge is -2.02. The number of hydrogen-bond acceptors (Lipinski definition) is 1. The highest BCUT2D eigenvalue weighted by Gasteiger charge is 2.13. The van der Waals surface area contributed by atoms with Gasteiger partial charge in [-0.25, -0.2) is 0 Å². The number of pyridine rings is 1. The first-order valence-electron chi connectivity index (χ1n) is 6.80. The lowest BCUT2D eigenvalue weighted by atomic mass is 10.0. The van der Waals surface area contributed by atoms with Gasteiger partial charge in [-0.3, -0.25) is 0 Å². The van der Waals surface area contributed by atoms with E-state index in [2.05, 4.69) is 36.4 Å². The summed E-state index contributed by atoms with van der Waals surface area (Å²) in [5, 5.41) is 2.50. The van der Waals surface area contributed by atoms with Crippen molar-refractivity contribution < 1.29 is 8.96 Å². The summed E-state index contributed by atoms with van der Waals surface area (Å²) in [5.74, 6) is -0.231. The van der Waals surface area contributed by atoms with Crippen molar-refractivity contribution >= 4 is 31.5 Å². The first kappa shape index (κ1) is 12.5. The van der Waals surface area contributed by atoms with E-state index in [1.54, 1.807) is 30.6 Å². The van der Waals surface area contributed by atoms with E-state index in [1.165, 1.54) is 24.7 Å². The summed E-state index contributed by atoms with van der Waals surface area (Å²) in [5.41, 5.74) is 2.01. The fraction of sp³-hybridized carbons (Fsp3) is 0.0556. The molecule has 4 aromatic rings. The van der Waals surface area contributed by atoms with Crippen LogP contribution in [0.15, 0.2) is 60.8 Å². The third-order valence-electron chi connectivity index (χ3n) is 3.80. The molecule has 3 heteroatoms. The van der Waals surface area contributed by atoms with E-state index in [-0.39, 0.29) is 5.95 Å². The van der Waals surface area contributed by atoms with E-state index >= 15 is 0 Å². The van der Waals surface area contributed by atoms with Crippen molar-refractivity contribution in [2.75, 3.05) is 0 Å². The highest BCUT2D eigenvalue weighted by atomic mass is 32.1. The maximum atomic E-state index is 13.8. The van der Waals surface area contributed by atoms with Crippen LogP contribution in [0.2, 0.25) is 0 Å². The molecule has 0 aliphatic heterocycles. The minimum Gasteiger partial charge on any atom is -0.176 e. The number of rotatable bonds is 1. The van der Waals surface area contributed by atoms with E-state index in [9.17, 15) is 4.39 Å². The number of hydrogen-bond donors (Lipinski definition) is 0. The van der Waals surface area contributed by atoms with Crippen molar-refractivity contribution in [3.8, 4) is 11.1 Å². The van der Waals surface area contributed by atoms with Gasteiger partial charge < -0.3 is 0 Å². The van der Waals surface area contributed by atoms with Gasteiger partial charge in [0, 0.05) is 31.8 Å². The Kier molecular flexibility index (Phi) is 2.76. The van der Waals surface area contributed by atoms with E-state index < -0.39 is 0 Å². The molecule has 0 bridgehead atoms. The largest absolute Gasteiger partial charge is 0.359 e. The minimum atomic E-state index is -0.231. The quantitative estimate of drug-likeness (QED) is 0.354. The monoisotopic (exact) mass is 294 g/mol. The number of aromatic nitrogens is 1. The third-order valence-corrected chi connectivity index (χ3v) is 5.02. The molecule has 0 amide bonds. The summed E-state index contributed by atoms with van der Waals surface area (Å²) in [6, 6.07) is 18.2. The Balaban J connectivity index is 2.06. The lowest BCUT2D eigenvalue weighted by Crippen LogP contribution is -2.31. The minimum absolute atomic E-state index is 0.231. The van der Waals surface area contributed by atoms with Crippen molar-refractivity contribution in [3.05, 3.63) is 66.7 Å². The molecule has 1 nitrogen and oxygen atoms in total. The molecule has 2 aromatic heterocycles. The summed E-state index contributed by atoms with van der Waals surface area (Å²) in [6.45, 7) is 0. The fourth-order valence-corrected chi connectivity index (χ4v) is 3.92. The Morgan fingerprint density at radius 1 is 0.952 bits per heavy atom. The molecule has 4 rings (SSSR count). The normalized spacial score (nSPS) is 11.3. The van der Waals surface area contributed by atoms with E-state index in [0.29, 0.717) is 0 Å². The Hall–Kier alpha value is -2.26. The molecule has 0 aliphatic rings. The first-order chi connectivity index (χ1) is 10.2. The van der Waals surface area contributed by atoms with Crippen LogP contribution in [0.5, 0.6) is 0 Å². The highest BCUT2D eigenvalue weighted by Crippen LogP contribution is 2.39. The smallest absolute Gasteiger partial charge is 0.176 e. The van der Waals surface area contributed by atoms with E-state index in [4.69, 9.17) is 0 Å². The number of thiophene rings is 1. The van der Waals surface area contributed by atoms with Gasteiger partial charge in [-0.1, -0.05) is 36.4 Å². The van der Waals surface area contributed by atoms with Gasteiger partial charge in [0.1, 0.15) is 7.05 Å². The van der Waals surface area contributed by atoms with Crippen molar-refractivity contribution in [1.29, 1.82) is 0 Å². The van der Waals surface area contributed by atoms with Gasteiger partial charge in [-0.2, -0.15) is 4.57 Å². The summed E-state index contributed by atoms with van der Waals surface area (Å²) in [7, 11) is 1.71. The fourth-order valence-electron chi connectivity index (χ4n) is 2.68. The second-order valence-electron chi connectivity index (χ2n) is 5.13. The Bertz CT molecular complexity index is 971. The third kappa shape index (κ3) is 1.93. The molecule has 0 spiro atoms. The average Bonchev–Trinajstić information content (AvgIpc) is 2.89. The maximum absolute atomic E-state index is 13.8. The zero-order chi connectivity index (χ0) is 14.4. The molecule has 0 atom stereocenters. The van der Waals surface area contributed by atoms with Gasteiger partial charge in [-0.05, 0) is 11.6 Å². The Labute approximate surface area is 125 Å². The standard InChI is InChI=1S/C18H13FNS/c1-20-10-9-12(11-17(20)19)13-6-4-7-15-14-5-2-3-8-16(14)21-18(13)15/h2-11H,1H3/q+1. The number of fused-ring (bicyclic) bond motifs is 3. The van der Waals surface area contributed by atoms with Crippen LogP contribution >= 0.6 is 11.3 Å². The van der Waals surface area contributed by atoms with Gasteiger partial charge in [0.15, 0.2) is 6.20 Å². The Morgan fingerprint density at radius 2 is 1.76 bits per heavy atom. The number of benzene rings is 2. The molecular formula is C18H13FNS+. The zero-order valence-electron chi connectivity index (χ0n) is 11.5. The van der Waals surface area contributed by atoms with Gasteiger partial charge in [-0.15, -0.1) is 15.7 Å². The SMILES string of the molecule is C[n+]1ccc(-c2cccc3c2sc2ccccc23)cc1F. The van der Waals surface area contributed by atoms with Crippen molar-refractivity contribution in [1.82, 2.24) is 0 Å². The van der Waals surface area contributed by atoms with E-state index in [0.717, 1.165) is 11.1 Å². The summed E-state index contributed by atoms with van der Waals surface area (Å²) in [4.78, 5) is 0. The molecule has 0 fully saturated rings. The molecular weight excluding hydrogens is 281 g/mol. The Morgan fingerprint density at radius 3 is 2.62 bits per heavy atom. The predicted molar refractivity (Wildman–Crippen MR) is 85.9 cm³/mol. The van der Waals surface area contributed by atoms with Crippen LogP contribution in [0.25, 0.3) is 31.3 Å². The van der Waals surface area contributed by atoms with Crippen LogP contribution < -0.4 is 4.57 Å². The zero-order valence-corrected chi connectivity index (χ0v) is 12.3. The van der Waals surface area contributed by atoms with Crippen molar-refractivity contribution in [2.45, 2.75) is 0 Å². The average molecular weight is 294 g/mol. The second kappa shape index (κ2) is 4.64. The molecule has 0 aliphatic carbocycles. The van der Waals surface area contributed by atoms with Crippen LogP contribution in [0.3, 0.4) is 0 Å². The van der Waals surface area contributed by atoms with Crippen LogP contribution in [-0.4, -0.2) is 0 Å². The van der Waals surface area contributed by atoms with Crippen molar-refractivity contribution in [2.24, 2.45) is 7.05 Å². The van der Waals surface area contributed by atoms with Crippen LogP contribution in [-0.2, 0) is 7.05 Å². The molecule has 0 saturated heterocycles. The molecule has 0 N–H and O–H groups in total. The lowest BCUT2D eigenvalue weighted by molar-refractivity contribution is -0.700. The summed E-state index contributed by atoms with van der Waals surface area (Å²) >= 11 is 1.76. The van der Waals surface area contributed by atoms with Crippen LogP contribution in [0.1, 0.15) is 0 Å². The van der Waals surface area contributed by atoms with Gasteiger partial charge in [0.25, 0.3) is 0 Å². The molecule has 0 radical (unpaired) electrons. The van der Waals surface area contributed by atoms with E-state index in [1.807, 2.05) is 12.1 Å². The van der Waals surface area contributed by atoms with Crippen molar-refractivity contribution in [3.63, 3.8) is 0 Å². The highest BCUT2D eigenvalue weighted by molar-refractivity contribution is 7.26. The van der Waals surface area contributed by atoms with Crippen LogP contribution in [0.4, 0.5) is 4.39 Å². The number of aryl methyl sites for hydroxylation is 1. The molecule has 2 aromatic carbocycles. The summed E-state index contributed by atoms with van der Waals surface area (Å²) < 4.78 is 17.8. The van der Waals surface area contributed by atoms with Gasteiger partial charge >= 0.3 is 5.95 Å². The molecule has 0 saturated carbocycles. The molecule has 0 unspecified atom stereocenters. The molecule has 2 heterocycles. The topological polar surface area (TPSA) is 3.88 Å². The predicted octanol–water partition coefficient (Wildman–Crippen LogP) is 4.69. The summed E-state index contributed by atoms with van der Waals surface area (Å²) in [6.07, 6.45) is 1.76. The molecule has 102 valence electrons. The maximum Gasteiger partial charge on any atom is 0.359 e. The number of nitrogens with zero attached hydrogens (tertiary/aromatic N) is 1. The second-order valence-corrected chi connectivity index (χ2v) is 6.18. The number of halogens is 1.